The Balaban J connectivity index is 2.05. The number of hydrogen-bond acceptors (Lipinski definition) is 2. The van der Waals surface area contributed by atoms with Gasteiger partial charge in [0.15, 0.2) is 0 Å². The Bertz CT molecular complexity index is 425. The van der Waals surface area contributed by atoms with Crippen LogP contribution in [0.3, 0.4) is 0 Å². The van der Waals surface area contributed by atoms with E-state index in [-0.39, 0.29) is 5.92 Å². The van der Waals surface area contributed by atoms with Crippen molar-refractivity contribution in [2.24, 2.45) is 11.8 Å². The van der Waals surface area contributed by atoms with Crippen LogP contribution in [0.15, 0.2) is 24.3 Å². The van der Waals surface area contributed by atoms with E-state index in [0.29, 0.717) is 5.78 Å². The second-order valence-corrected chi connectivity index (χ2v) is 5.61. The van der Waals surface area contributed by atoms with Gasteiger partial charge in [-0.1, -0.05) is 38.0 Å². The third-order valence-corrected chi connectivity index (χ3v) is 4.23. The van der Waals surface area contributed by atoms with Crippen LogP contribution in [0.5, 0.6) is 5.75 Å². The van der Waals surface area contributed by atoms with E-state index in [4.69, 9.17) is 4.74 Å². The quantitative estimate of drug-likeness (QED) is 0.799. The molecule has 0 aliphatic heterocycles. The van der Waals surface area contributed by atoms with Crippen molar-refractivity contribution < 1.29 is 9.53 Å². The van der Waals surface area contributed by atoms with E-state index in [1.165, 1.54) is 18.4 Å². The molecule has 1 aliphatic rings. The molecule has 1 aromatic rings. The van der Waals surface area contributed by atoms with Crippen molar-refractivity contribution in [2.45, 2.75) is 45.4 Å². The maximum absolute atomic E-state index is 12.1. The molecule has 0 aromatic heterocycles. The van der Waals surface area contributed by atoms with E-state index in [2.05, 4.69) is 13.0 Å². The lowest BCUT2D eigenvalue weighted by Crippen LogP contribution is -2.26. The number of methoxy groups -OCH3 is 1. The number of carbonyl (C=O) groups is 1. The van der Waals surface area contributed by atoms with Gasteiger partial charge in [0.05, 0.1) is 7.11 Å². The molecule has 0 bridgehead atoms. The van der Waals surface area contributed by atoms with Gasteiger partial charge < -0.3 is 4.74 Å². The number of hydrogen-bond donors (Lipinski definition) is 0. The molecule has 1 aliphatic carbocycles. The molecule has 19 heavy (non-hydrogen) atoms. The van der Waals surface area contributed by atoms with Crippen LogP contribution in [0.25, 0.3) is 0 Å². The molecule has 1 aromatic carbocycles. The Morgan fingerprint density at radius 2 is 2.11 bits per heavy atom. The van der Waals surface area contributed by atoms with E-state index in [1.54, 1.807) is 7.11 Å². The zero-order valence-corrected chi connectivity index (χ0v) is 12.0. The molecular weight excluding hydrogens is 236 g/mol. The van der Waals surface area contributed by atoms with Crippen molar-refractivity contribution in [3.63, 3.8) is 0 Å². The van der Waals surface area contributed by atoms with Crippen molar-refractivity contribution in [2.75, 3.05) is 7.11 Å². The third-order valence-electron chi connectivity index (χ3n) is 4.23. The second kappa shape index (κ2) is 6.74. The van der Waals surface area contributed by atoms with Crippen molar-refractivity contribution >= 4 is 5.78 Å². The normalized spacial score (nSPS) is 23.4. The average molecular weight is 260 g/mol. The topological polar surface area (TPSA) is 26.3 Å². The molecular formula is C17H24O2. The summed E-state index contributed by atoms with van der Waals surface area (Å²) >= 11 is 0. The lowest BCUT2D eigenvalue weighted by molar-refractivity contribution is -0.125. The second-order valence-electron chi connectivity index (χ2n) is 5.61. The molecule has 2 rings (SSSR count). The molecule has 2 heteroatoms. The van der Waals surface area contributed by atoms with Crippen molar-refractivity contribution in [3.8, 4) is 5.75 Å². The van der Waals surface area contributed by atoms with Crippen LogP contribution in [0.4, 0.5) is 0 Å². The van der Waals surface area contributed by atoms with Gasteiger partial charge in [-0.15, -0.1) is 0 Å². The third kappa shape index (κ3) is 3.59. The molecule has 2 unspecified atom stereocenters. The molecule has 0 heterocycles. The highest BCUT2D eigenvalue weighted by molar-refractivity contribution is 5.82. The SMILES string of the molecule is CCCC1CCC(=O)C(Cc2ccccc2OC)C1. The van der Waals surface area contributed by atoms with Gasteiger partial charge in [0.25, 0.3) is 0 Å². The Hall–Kier alpha value is -1.31. The first-order chi connectivity index (χ1) is 9.24. The lowest BCUT2D eigenvalue weighted by Gasteiger charge is -2.28. The largest absolute Gasteiger partial charge is 0.496 e. The lowest BCUT2D eigenvalue weighted by atomic mass is 9.76. The van der Waals surface area contributed by atoms with Gasteiger partial charge in [-0.3, -0.25) is 4.79 Å². The van der Waals surface area contributed by atoms with Crippen molar-refractivity contribution in [3.05, 3.63) is 29.8 Å². The Morgan fingerprint density at radius 1 is 1.32 bits per heavy atom. The minimum atomic E-state index is 0.196. The number of carbonyl (C=O) groups excluding carboxylic acids is 1. The molecule has 2 atom stereocenters. The molecule has 0 radical (unpaired) electrons. The van der Waals surface area contributed by atoms with Crippen molar-refractivity contribution in [1.29, 1.82) is 0 Å². The van der Waals surface area contributed by atoms with E-state index >= 15 is 0 Å². The fourth-order valence-corrected chi connectivity index (χ4v) is 3.21. The molecule has 2 nitrogen and oxygen atoms in total. The molecule has 0 amide bonds. The average Bonchev–Trinajstić information content (AvgIpc) is 2.43. The summed E-state index contributed by atoms with van der Waals surface area (Å²) in [7, 11) is 1.70. The summed E-state index contributed by atoms with van der Waals surface area (Å²) in [5.74, 6) is 2.29. The van der Waals surface area contributed by atoms with E-state index in [1.807, 2.05) is 18.2 Å². The van der Waals surface area contributed by atoms with E-state index in [9.17, 15) is 4.79 Å². The van der Waals surface area contributed by atoms with Crippen LogP contribution in [0.2, 0.25) is 0 Å². The zero-order valence-electron chi connectivity index (χ0n) is 12.0. The zero-order chi connectivity index (χ0) is 13.7. The molecule has 1 saturated carbocycles. The summed E-state index contributed by atoms with van der Waals surface area (Å²) in [6.45, 7) is 2.23. The van der Waals surface area contributed by atoms with Gasteiger partial charge in [0.1, 0.15) is 11.5 Å². The first kappa shape index (κ1) is 14.1. The fourth-order valence-electron chi connectivity index (χ4n) is 3.21. The van der Waals surface area contributed by atoms with Crippen LogP contribution in [0, 0.1) is 11.8 Å². The number of rotatable bonds is 5. The van der Waals surface area contributed by atoms with E-state index < -0.39 is 0 Å². The number of ketones is 1. The summed E-state index contributed by atoms with van der Waals surface area (Å²) in [6, 6.07) is 8.06. The molecule has 0 N–H and O–H groups in total. The summed E-state index contributed by atoms with van der Waals surface area (Å²) in [4.78, 5) is 12.1. The summed E-state index contributed by atoms with van der Waals surface area (Å²) < 4.78 is 5.39. The first-order valence-electron chi connectivity index (χ1n) is 7.39. The number of Topliss-reactive ketones (excluding diaryl/α,β-unsaturated/α-hetero) is 1. The number of ether oxygens (including phenoxy) is 1. The molecule has 0 saturated heterocycles. The Kier molecular flexibility index (Phi) is 5.00. The number of benzene rings is 1. The minimum absolute atomic E-state index is 0.196. The molecule has 104 valence electrons. The highest BCUT2D eigenvalue weighted by Crippen LogP contribution is 2.33. The maximum atomic E-state index is 12.1. The van der Waals surface area contributed by atoms with Gasteiger partial charge >= 0.3 is 0 Å². The Labute approximate surface area is 116 Å². The van der Waals surface area contributed by atoms with Gasteiger partial charge in [-0.05, 0) is 36.8 Å². The van der Waals surface area contributed by atoms with Gasteiger partial charge in [0, 0.05) is 12.3 Å². The smallest absolute Gasteiger partial charge is 0.136 e. The first-order valence-corrected chi connectivity index (χ1v) is 7.39. The van der Waals surface area contributed by atoms with Crippen LogP contribution < -0.4 is 4.74 Å². The summed E-state index contributed by atoms with van der Waals surface area (Å²) in [5.41, 5.74) is 1.17. The highest BCUT2D eigenvalue weighted by Gasteiger charge is 2.28. The summed E-state index contributed by atoms with van der Waals surface area (Å²) in [5, 5.41) is 0. The highest BCUT2D eigenvalue weighted by atomic mass is 16.5. The van der Waals surface area contributed by atoms with Crippen LogP contribution in [0.1, 0.15) is 44.6 Å². The van der Waals surface area contributed by atoms with Crippen LogP contribution in [-0.4, -0.2) is 12.9 Å². The van der Waals surface area contributed by atoms with E-state index in [0.717, 1.165) is 37.4 Å². The van der Waals surface area contributed by atoms with Gasteiger partial charge in [-0.2, -0.15) is 0 Å². The molecule has 0 spiro atoms. The van der Waals surface area contributed by atoms with Gasteiger partial charge in [0.2, 0.25) is 0 Å². The van der Waals surface area contributed by atoms with Crippen molar-refractivity contribution in [1.82, 2.24) is 0 Å². The monoisotopic (exact) mass is 260 g/mol. The van der Waals surface area contributed by atoms with Crippen LogP contribution in [-0.2, 0) is 11.2 Å². The number of para-hydroxylation sites is 1. The summed E-state index contributed by atoms with van der Waals surface area (Å²) in [6.07, 6.45) is 6.24. The molecule has 1 fully saturated rings. The minimum Gasteiger partial charge on any atom is -0.496 e. The predicted molar refractivity (Wildman–Crippen MR) is 77.4 cm³/mol. The maximum Gasteiger partial charge on any atom is 0.136 e. The van der Waals surface area contributed by atoms with Crippen LogP contribution >= 0.6 is 0 Å². The standard InChI is InChI=1S/C17H24O2/c1-3-6-13-9-10-16(18)15(11-13)12-14-7-4-5-8-17(14)19-2/h4-5,7-8,13,15H,3,6,9-12H2,1-2H3. The Morgan fingerprint density at radius 3 is 2.84 bits per heavy atom. The fraction of sp³-hybridized carbons (Fsp3) is 0.588. The van der Waals surface area contributed by atoms with Gasteiger partial charge in [-0.25, -0.2) is 0 Å². The predicted octanol–water partition coefficient (Wildman–Crippen LogP) is 4.02.